The summed E-state index contributed by atoms with van der Waals surface area (Å²) in [5.41, 5.74) is 2.56. The third-order valence-corrected chi connectivity index (χ3v) is 3.78. The molecule has 1 N–H and O–H groups in total. The molecule has 0 fully saturated rings. The van der Waals surface area contributed by atoms with Crippen molar-refractivity contribution in [3.05, 3.63) is 47.7 Å². The zero-order valence-electron chi connectivity index (χ0n) is 12.8. The van der Waals surface area contributed by atoms with Crippen molar-refractivity contribution in [3.8, 4) is 11.3 Å². The van der Waals surface area contributed by atoms with Crippen LogP contribution in [0.15, 0.2) is 40.8 Å². The highest BCUT2D eigenvalue weighted by molar-refractivity contribution is 5.58. The molecule has 2 nitrogen and oxygen atoms in total. The first-order chi connectivity index (χ1) is 9.78. The van der Waals surface area contributed by atoms with E-state index in [0.717, 1.165) is 29.9 Å². The van der Waals surface area contributed by atoms with Gasteiger partial charge in [-0.2, -0.15) is 0 Å². The van der Waals surface area contributed by atoms with Crippen LogP contribution < -0.4 is 5.32 Å². The second-order valence-electron chi connectivity index (χ2n) is 5.25. The molecule has 1 atom stereocenters. The van der Waals surface area contributed by atoms with Gasteiger partial charge in [-0.25, -0.2) is 0 Å². The van der Waals surface area contributed by atoms with Gasteiger partial charge in [-0.05, 0) is 44.0 Å². The molecule has 0 aliphatic rings. The molecule has 0 aliphatic heterocycles. The summed E-state index contributed by atoms with van der Waals surface area (Å²) in [6.45, 7) is 4.39. The van der Waals surface area contributed by atoms with Crippen LogP contribution >= 0.6 is 0 Å². The lowest BCUT2D eigenvalue weighted by molar-refractivity contribution is 0.431. The molecule has 1 heterocycles. The lowest BCUT2D eigenvalue weighted by Crippen LogP contribution is -2.14. The molecule has 1 aromatic heterocycles. The summed E-state index contributed by atoms with van der Waals surface area (Å²) in [6.07, 6.45) is 4.69. The van der Waals surface area contributed by atoms with Gasteiger partial charge < -0.3 is 9.73 Å². The number of benzene rings is 1. The van der Waals surface area contributed by atoms with Gasteiger partial charge in [0.05, 0.1) is 6.04 Å². The van der Waals surface area contributed by atoms with Crippen LogP contribution in [0.25, 0.3) is 11.3 Å². The molecule has 0 aliphatic carbocycles. The zero-order chi connectivity index (χ0) is 14.4. The Balaban J connectivity index is 2.11. The van der Waals surface area contributed by atoms with Crippen molar-refractivity contribution < 1.29 is 4.42 Å². The lowest BCUT2D eigenvalue weighted by atomic mass is 10.1. The normalized spacial score (nSPS) is 12.6. The van der Waals surface area contributed by atoms with E-state index in [-0.39, 0.29) is 0 Å². The maximum atomic E-state index is 5.97. The van der Waals surface area contributed by atoms with Crippen molar-refractivity contribution in [2.24, 2.45) is 0 Å². The lowest BCUT2D eigenvalue weighted by Gasteiger charge is -2.10. The van der Waals surface area contributed by atoms with Gasteiger partial charge in [-0.3, -0.25) is 0 Å². The van der Waals surface area contributed by atoms with Crippen LogP contribution in [0.2, 0.25) is 0 Å². The van der Waals surface area contributed by atoms with Gasteiger partial charge in [-0.15, -0.1) is 0 Å². The average molecular weight is 271 g/mol. The van der Waals surface area contributed by atoms with Crippen LogP contribution in [0.5, 0.6) is 0 Å². The molecule has 1 aromatic carbocycles. The smallest absolute Gasteiger partial charge is 0.134 e. The fourth-order valence-electron chi connectivity index (χ4n) is 2.46. The van der Waals surface area contributed by atoms with Gasteiger partial charge in [0.15, 0.2) is 0 Å². The first-order valence-electron chi connectivity index (χ1n) is 7.64. The molecule has 2 aromatic rings. The van der Waals surface area contributed by atoms with E-state index in [9.17, 15) is 0 Å². The maximum absolute atomic E-state index is 5.97. The van der Waals surface area contributed by atoms with E-state index in [1.807, 2.05) is 7.05 Å². The summed E-state index contributed by atoms with van der Waals surface area (Å²) in [6, 6.07) is 13.2. The summed E-state index contributed by atoms with van der Waals surface area (Å²) < 4.78 is 5.97. The van der Waals surface area contributed by atoms with Crippen molar-refractivity contribution in [2.75, 3.05) is 7.05 Å². The number of unbranched alkanes of at least 4 members (excludes halogenated alkanes) is 1. The van der Waals surface area contributed by atoms with Crippen LogP contribution in [0.4, 0.5) is 0 Å². The second kappa shape index (κ2) is 7.30. The number of nitrogens with one attached hydrogen (secondary N) is 1. The van der Waals surface area contributed by atoms with Crippen molar-refractivity contribution >= 4 is 0 Å². The monoisotopic (exact) mass is 271 g/mol. The Bertz CT molecular complexity index is 508. The molecule has 0 saturated heterocycles. The van der Waals surface area contributed by atoms with E-state index >= 15 is 0 Å². The summed E-state index contributed by atoms with van der Waals surface area (Å²) in [5, 5.41) is 3.27. The molecule has 1 unspecified atom stereocenters. The van der Waals surface area contributed by atoms with Crippen molar-refractivity contribution in [1.82, 2.24) is 5.32 Å². The van der Waals surface area contributed by atoms with E-state index in [1.54, 1.807) is 0 Å². The Kier molecular flexibility index (Phi) is 5.42. The van der Waals surface area contributed by atoms with E-state index < -0.39 is 0 Å². The Morgan fingerprint density at radius 3 is 2.40 bits per heavy atom. The Labute approximate surface area is 122 Å². The molecular formula is C18H25NO. The molecule has 0 spiro atoms. The van der Waals surface area contributed by atoms with Gasteiger partial charge in [0.25, 0.3) is 0 Å². The number of aryl methyl sites for hydroxylation is 1. The van der Waals surface area contributed by atoms with Crippen LogP contribution in [0, 0.1) is 0 Å². The highest BCUT2D eigenvalue weighted by Gasteiger charge is 2.12. The molecule has 0 radical (unpaired) electrons. The summed E-state index contributed by atoms with van der Waals surface area (Å²) in [4.78, 5) is 0. The van der Waals surface area contributed by atoms with Gasteiger partial charge in [0.1, 0.15) is 11.5 Å². The van der Waals surface area contributed by atoms with E-state index in [1.165, 1.54) is 18.4 Å². The average Bonchev–Trinajstić information content (AvgIpc) is 2.97. The third-order valence-electron chi connectivity index (χ3n) is 3.78. The van der Waals surface area contributed by atoms with Gasteiger partial charge in [-0.1, -0.05) is 44.5 Å². The van der Waals surface area contributed by atoms with E-state index in [2.05, 4.69) is 55.6 Å². The first kappa shape index (κ1) is 14.9. The van der Waals surface area contributed by atoms with Crippen molar-refractivity contribution in [1.29, 1.82) is 0 Å². The van der Waals surface area contributed by atoms with Gasteiger partial charge >= 0.3 is 0 Å². The summed E-state index contributed by atoms with van der Waals surface area (Å²) >= 11 is 0. The van der Waals surface area contributed by atoms with Crippen LogP contribution in [0.1, 0.15) is 50.5 Å². The minimum atomic E-state index is 0.299. The molecular weight excluding hydrogens is 246 g/mol. The number of furan rings is 1. The molecule has 20 heavy (non-hydrogen) atoms. The fourth-order valence-corrected chi connectivity index (χ4v) is 2.46. The van der Waals surface area contributed by atoms with E-state index in [0.29, 0.717) is 6.04 Å². The number of rotatable bonds is 7. The number of hydrogen-bond donors (Lipinski definition) is 1. The molecule has 0 amide bonds. The van der Waals surface area contributed by atoms with Crippen LogP contribution in [0.3, 0.4) is 0 Å². The Morgan fingerprint density at radius 2 is 1.80 bits per heavy atom. The second-order valence-corrected chi connectivity index (χ2v) is 5.25. The largest absolute Gasteiger partial charge is 0.459 e. The minimum Gasteiger partial charge on any atom is -0.459 e. The molecule has 2 heteroatoms. The predicted molar refractivity (Wildman–Crippen MR) is 84.8 cm³/mol. The molecule has 2 rings (SSSR count). The molecule has 108 valence electrons. The van der Waals surface area contributed by atoms with Crippen LogP contribution in [-0.4, -0.2) is 7.05 Å². The minimum absolute atomic E-state index is 0.299. The summed E-state index contributed by atoms with van der Waals surface area (Å²) in [7, 11) is 1.97. The fraction of sp³-hybridized carbons (Fsp3) is 0.444. The zero-order valence-corrected chi connectivity index (χ0v) is 12.8. The standard InChI is InChI=1S/C18H25NO/c1-4-6-7-14-8-10-15(11-9-14)17-12-13-18(20-17)16(5-2)19-3/h8-13,16,19H,4-7H2,1-3H3. The van der Waals surface area contributed by atoms with Crippen molar-refractivity contribution in [3.63, 3.8) is 0 Å². The SMILES string of the molecule is CCCCc1ccc(-c2ccc(C(CC)NC)o2)cc1. The van der Waals surface area contributed by atoms with Crippen molar-refractivity contribution in [2.45, 2.75) is 45.6 Å². The maximum Gasteiger partial charge on any atom is 0.134 e. The van der Waals surface area contributed by atoms with Crippen LogP contribution in [-0.2, 0) is 6.42 Å². The Morgan fingerprint density at radius 1 is 1.05 bits per heavy atom. The quantitative estimate of drug-likeness (QED) is 0.770. The number of hydrogen-bond acceptors (Lipinski definition) is 2. The predicted octanol–water partition coefficient (Wildman–Crippen LogP) is 4.96. The summed E-state index contributed by atoms with van der Waals surface area (Å²) in [5.74, 6) is 1.97. The topological polar surface area (TPSA) is 25.2 Å². The molecule has 0 saturated carbocycles. The van der Waals surface area contributed by atoms with Gasteiger partial charge in [0, 0.05) is 5.56 Å². The highest BCUT2D eigenvalue weighted by atomic mass is 16.3. The first-order valence-corrected chi connectivity index (χ1v) is 7.64. The Hall–Kier alpha value is -1.54. The molecule has 0 bridgehead atoms. The highest BCUT2D eigenvalue weighted by Crippen LogP contribution is 2.27. The van der Waals surface area contributed by atoms with E-state index in [4.69, 9.17) is 4.42 Å². The van der Waals surface area contributed by atoms with Gasteiger partial charge in [0.2, 0.25) is 0 Å². The third kappa shape index (κ3) is 3.51.